The molecule has 0 saturated heterocycles. The first-order valence-corrected chi connectivity index (χ1v) is 8.54. The van der Waals surface area contributed by atoms with Gasteiger partial charge in [0.2, 0.25) is 0 Å². The van der Waals surface area contributed by atoms with Gasteiger partial charge >= 0.3 is 59.1 Å². The normalized spacial score (nSPS) is 11.9. The van der Waals surface area contributed by atoms with Crippen molar-refractivity contribution in [1.29, 1.82) is 0 Å². The summed E-state index contributed by atoms with van der Waals surface area (Å²) in [6.45, 7) is 2.76. The zero-order valence-corrected chi connectivity index (χ0v) is 8.26. The topological polar surface area (TPSA) is 26.3 Å². The molecular weight excluding hydrogens is 179 g/mol. The van der Waals surface area contributed by atoms with Gasteiger partial charge in [0, 0.05) is 0 Å². The van der Waals surface area contributed by atoms with Crippen LogP contribution in [0.25, 0.3) is 0 Å². The van der Waals surface area contributed by atoms with Crippen molar-refractivity contribution in [3.05, 3.63) is 0 Å². The van der Waals surface area contributed by atoms with Gasteiger partial charge in [-0.2, -0.15) is 0 Å². The maximum atomic E-state index is 10.9. The predicted octanol–water partition coefficient (Wildman–Crippen LogP) is 1.94. The Morgan fingerprint density at radius 1 is 1.44 bits per heavy atom. The van der Waals surface area contributed by atoms with Crippen molar-refractivity contribution in [2.75, 3.05) is 6.61 Å². The Hall–Kier alpha value is 0.318. The number of unbranched alkanes of at least 4 members (excludes halogenated alkanes) is 1. The van der Waals surface area contributed by atoms with Crippen molar-refractivity contribution in [3.63, 3.8) is 0 Å². The van der Waals surface area contributed by atoms with E-state index < -0.39 is 13.8 Å². The molecule has 0 rings (SSSR count). The van der Waals surface area contributed by atoms with Gasteiger partial charge in [0.25, 0.3) is 0 Å². The molecule has 0 fully saturated rings. The van der Waals surface area contributed by atoms with E-state index in [0.717, 1.165) is 12.8 Å². The summed E-state index contributed by atoms with van der Waals surface area (Å²) in [6.07, 6.45) is 2.13. The van der Waals surface area contributed by atoms with Crippen LogP contribution in [0.1, 0.15) is 19.8 Å². The van der Waals surface area contributed by atoms with Gasteiger partial charge in [-0.05, 0) is 0 Å². The molecule has 0 N–H and O–H groups in total. The molecule has 0 spiro atoms. The average molecular weight is 194 g/mol. The Bertz CT molecular complexity index is 106. The molecule has 0 saturated carbocycles. The van der Waals surface area contributed by atoms with Gasteiger partial charge in [-0.25, -0.2) is 0 Å². The maximum absolute atomic E-state index is 10.9. The molecule has 9 heavy (non-hydrogen) atoms. The van der Waals surface area contributed by atoms with Crippen LogP contribution in [0, 0.1) is 0 Å². The number of rotatable bonds is 4. The fourth-order valence-electron chi connectivity index (χ4n) is 0.429. The molecule has 0 aromatic carbocycles. The van der Waals surface area contributed by atoms with Crippen LogP contribution in [0.5, 0.6) is 0 Å². The van der Waals surface area contributed by atoms with Gasteiger partial charge < -0.3 is 0 Å². The zero-order valence-electron chi connectivity index (χ0n) is 6.39. The van der Waals surface area contributed by atoms with E-state index in [2.05, 4.69) is 6.92 Å². The minimum atomic E-state index is -2.74. The first kappa shape index (κ1) is 9.32. The molecule has 3 heteroatoms. The van der Waals surface area contributed by atoms with E-state index >= 15 is 0 Å². The third kappa shape index (κ3) is 8.32. The summed E-state index contributed by atoms with van der Waals surface area (Å²) in [5, 5.41) is 0. The van der Waals surface area contributed by atoms with Crippen LogP contribution in [0.3, 0.4) is 0 Å². The first-order valence-electron chi connectivity index (χ1n) is 3.26. The molecule has 0 aromatic rings. The molecule has 0 atom stereocenters. The second kappa shape index (κ2) is 4.18. The first-order chi connectivity index (χ1) is 4.06. The molecule has 0 aliphatic carbocycles. The minimum absolute atomic E-state index is 0.667. The molecule has 56 valence electrons. The molecule has 0 aromatic heterocycles. The molecule has 0 unspecified atom stereocenters. The number of hydrogen-bond donors (Lipinski definition) is 0. The fraction of sp³-hybridized carbons (Fsp3) is 1.00. The van der Waals surface area contributed by atoms with Gasteiger partial charge in [-0.1, -0.05) is 0 Å². The van der Waals surface area contributed by atoms with Crippen molar-refractivity contribution >= 4 is 13.8 Å². The summed E-state index contributed by atoms with van der Waals surface area (Å²) in [7, 11) is 0. The summed E-state index contributed by atoms with van der Waals surface area (Å²) in [4.78, 5) is 0. The summed E-state index contributed by atoms with van der Waals surface area (Å²) in [6, 6.07) is 0. The molecule has 2 nitrogen and oxygen atoms in total. The van der Waals surface area contributed by atoms with Gasteiger partial charge in [0.15, 0.2) is 0 Å². The van der Waals surface area contributed by atoms with E-state index in [-0.39, 0.29) is 0 Å². The standard InChI is InChI=1S/C6H15AsO2/c1-4-5-6-9-7(2,3)8/h4-6H2,1-3H3. The molecule has 0 amide bonds. The van der Waals surface area contributed by atoms with E-state index in [4.69, 9.17) is 3.73 Å². The summed E-state index contributed by atoms with van der Waals surface area (Å²) < 4.78 is 16.0. The second-order valence-corrected chi connectivity index (χ2v) is 8.23. The van der Waals surface area contributed by atoms with Crippen LogP contribution in [-0.2, 0) is 7.47 Å². The van der Waals surface area contributed by atoms with E-state index in [0.29, 0.717) is 6.61 Å². The molecule has 0 radical (unpaired) electrons. The third-order valence-electron chi connectivity index (χ3n) is 0.900. The van der Waals surface area contributed by atoms with Crippen molar-refractivity contribution in [3.8, 4) is 0 Å². The SMILES string of the molecule is CCCCO[As](C)(C)=O. The van der Waals surface area contributed by atoms with Crippen LogP contribution in [0.15, 0.2) is 0 Å². The van der Waals surface area contributed by atoms with Crippen LogP contribution >= 0.6 is 0 Å². The summed E-state index contributed by atoms with van der Waals surface area (Å²) >= 11 is -2.74. The van der Waals surface area contributed by atoms with Gasteiger partial charge in [0.05, 0.1) is 0 Å². The van der Waals surface area contributed by atoms with Gasteiger partial charge in [-0.15, -0.1) is 0 Å². The number of hydrogen-bond acceptors (Lipinski definition) is 2. The summed E-state index contributed by atoms with van der Waals surface area (Å²) in [5.41, 5.74) is 3.40. The Labute approximate surface area is 59.6 Å². The van der Waals surface area contributed by atoms with Crippen molar-refractivity contribution < 1.29 is 7.47 Å². The van der Waals surface area contributed by atoms with Crippen LogP contribution < -0.4 is 0 Å². The molecule has 0 heterocycles. The third-order valence-corrected chi connectivity index (χ3v) is 2.59. The fourth-order valence-corrected chi connectivity index (χ4v) is 1.62. The van der Waals surface area contributed by atoms with Crippen molar-refractivity contribution in [2.24, 2.45) is 0 Å². The van der Waals surface area contributed by atoms with Crippen LogP contribution in [-0.4, -0.2) is 20.4 Å². The average Bonchev–Trinajstić information content (AvgIpc) is 1.63. The van der Waals surface area contributed by atoms with Gasteiger partial charge in [0.1, 0.15) is 0 Å². The van der Waals surface area contributed by atoms with Crippen LogP contribution in [0.4, 0.5) is 0 Å². The molecule has 0 aliphatic rings. The second-order valence-electron chi connectivity index (χ2n) is 2.44. The van der Waals surface area contributed by atoms with Crippen LogP contribution in [0.2, 0.25) is 11.4 Å². The molecule has 0 bridgehead atoms. The molecule has 0 aliphatic heterocycles. The Kier molecular flexibility index (Phi) is 4.33. The quantitative estimate of drug-likeness (QED) is 0.505. The van der Waals surface area contributed by atoms with E-state index in [9.17, 15) is 3.74 Å². The Morgan fingerprint density at radius 3 is 2.33 bits per heavy atom. The molecular formula is C6H15AsO2. The van der Waals surface area contributed by atoms with Crippen molar-refractivity contribution in [1.82, 2.24) is 0 Å². The Morgan fingerprint density at radius 2 is 2.00 bits per heavy atom. The zero-order chi connectivity index (χ0) is 7.33. The van der Waals surface area contributed by atoms with E-state index in [1.54, 1.807) is 11.4 Å². The predicted molar refractivity (Wildman–Crippen MR) is 39.0 cm³/mol. The summed E-state index contributed by atoms with van der Waals surface area (Å²) in [5.74, 6) is 0. The monoisotopic (exact) mass is 194 g/mol. The van der Waals surface area contributed by atoms with Gasteiger partial charge in [-0.3, -0.25) is 0 Å². The van der Waals surface area contributed by atoms with Crippen molar-refractivity contribution in [2.45, 2.75) is 31.2 Å². The van der Waals surface area contributed by atoms with E-state index in [1.165, 1.54) is 0 Å². The Balaban J connectivity index is 3.18. The van der Waals surface area contributed by atoms with E-state index in [1.807, 2.05) is 0 Å².